The quantitative estimate of drug-likeness (QED) is 0.818. The number of aromatic hydroxyl groups is 1. The molecule has 88 valence electrons. The zero-order valence-corrected chi connectivity index (χ0v) is 10.8. The van der Waals surface area contributed by atoms with Crippen LogP contribution in [-0.2, 0) is 0 Å². The minimum atomic E-state index is -0.135. The van der Waals surface area contributed by atoms with E-state index < -0.39 is 0 Å². The summed E-state index contributed by atoms with van der Waals surface area (Å²) in [5.41, 5.74) is 0.494. The van der Waals surface area contributed by atoms with E-state index in [9.17, 15) is 9.90 Å². The highest BCUT2D eigenvalue weighted by Crippen LogP contribution is 2.11. The Morgan fingerprint density at radius 1 is 1.56 bits per heavy atom. The van der Waals surface area contributed by atoms with Crippen molar-refractivity contribution in [1.82, 2.24) is 5.32 Å². The number of alkyl halides is 1. The van der Waals surface area contributed by atoms with E-state index >= 15 is 0 Å². The second-order valence-electron chi connectivity index (χ2n) is 3.61. The second-order valence-corrected chi connectivity index (χ2v) is 4.40. The number of hydrogen-bond donors (Lipinski definition) is 2. The maximum Gasteiger partial charge on any atom is 0.251 e. The Morgan fingerprint density at radius 2 is 2.31 bits per heavy atom. The molecule has 1 unspecified atom stereocenters. The molecule has 0 aliphatic rings. The van der Waals surface area contributed by atoms with Gasteiger partial charge in [-0.1, -0.05) is 28.9 Å². The van der Waals surface area contributed by atoms with Crippen LogP contribution in [0.3, 0.4) is 0 Å². The number of nitrogens with one attached hydrogen (secondary N) is 1. The van der Waals surface area contributed by atoms with Crippen LogP contribution in [0.1, 0.15) is 30.1 Å². The minimum absolute atomic E-state index is 0.112. The summed E-state index contributed by atoms with van der Waals surface area (Å²) in [6.07, 6.45) is 1.80. The molecule has 0 spiro atoms. The molecule has 0 saturated carbocycles. The topological polar surface area (TPSA) is 49.3 Å². The van der Waals surface area contributed by atoms with Gasteiger partial charge < -0.3 is 10.4 Å². The van der Waals surface area contributed by atoms with E-state index in [1.165, 1.54) is 6.07 Å². The molecule has 0 saturated heterocycles. The van der Waals surface area contributed by atoms with E-state index in [0.717, 1.165) is 18.2 Å². The zero-order valence-electron chi connectivity index (χ0n) is 9.24. The number of amides is 1. The molecule has 0 aromatic heterocycles. The molecule has 16 heavy (non-hydrogen) atoms. The van der Waals surface area contributed by atoms with Gasteiger partial charge in [-0.05, 0) is 31.0 Å². The van der Waals surface area contributed by atoms with Crippen LogP contribution in [-0.4, -0.2) is 22.4 Å². The molecule has 0 fully saturated rings. The Morgan fingerprint density at radius 3 is 2.88 bits per heavy atom. The standard InChI is InChI=1S/C12H16BrNO2/c1-2-10(6-7-13)14-12(16)9-4-3-5-11(15)8-9/h3-5,8,10,15H,2,6-7H2,1H3,(H,14,16). The smallest absolute Gasteiger partial charge is 0.251 e. The van der Waals surface area contributed by atoms with Gasteiger partial charge in [0.25, 0.3) is 5.91 Å². The third kappa shape index (κ3) is 3.85. The molecule has 1 atom stereocenters. The lowest BCUT2D eigenvalue weighted by atomic mass is 10.1. The molecule has 1 aromatic carbocycles. The molecule has 3 nitrogen and oxygen atoms in total. The van der Waals surface area contributed by atoms with Crippen LogP contribution >= 0.6 is 15.9 Å². The number of benzene rings is 1. The first-order valence-corrected chi connectivity index (χ1v) is 6.45. The molecule has 0 heterocycles. The third-order valence-corrected chi connectivity index (χ3v) is 2.85. The van der Waals surface area contributed by atoms with Gasteiger partial charge in [0.2, 0.25) is 0 Å². The van der Waals surface area contributed by atoms with Gasteiger partial charge in [0.05, 0.1) is 0 Å². The summed E-state index contributed by atoms with van der Waals surface area (Å²) >= 11 is 3.36. The van der Waals surface area contributed by atoms with Crippen LogP contribution in [0.5, 0.6) is 5.75 Å². The Balaban J connectivity index is 2.64. The van der Waals surface area contributed by atoms with Gasteiger partial charge in [-0.2, -0.15) is 0 Å². The van der Waals surface area contributed by atoms with Crippen molar-refractivity contribution in [2.24, 2.45) is 0 Å². The summed E-state index contributed by atoms with van der Waals surface area (Å²) < 4.78 is 0. The average molecular weight is 286 g/mol. The fourth-order valence-corrected chi connectivity index (χ4v) is 1.98. The average Bonchev–Trinajstić information content (AvgIpc) is 2.28. The highest BCUT2D eigenvalue weighted by Gasteiger charge is 2.11. The monoisotopic (exact) mass is 285 g/mol. The lowest BCUT2D eigenvalue weighted by Gasteiger charge is -2.15. The Hall–Kier alpha value is -1.03. The first kappa shape index (κ1) is 13.0. The van der Waals surface area contributed by atoms with Crippen molar-refractivity contribution in [2.45, 2.75) is 25.8 Å². The van der Waals surface area contributed by atoms with Gasteiger partial charge in [0, 0.05) is 16.9 Å². The number of phenolic OH excluding ortho intramolecular Hbond substituents is 1. The van der Waals surface area contributed by atoms with E-state index in [2.05, 4.69) is 21.2 Å². The predicted molar refractivity (Wildman–Crippen MR) is 68.1 cm³/mol. The molecule has 1 amide bonds. The molecule has 0 bridgehead atoms. The fourth-order valence-electron chi connectivity index (χ4n) is 1.43. The van der Waals surface area contributed by atoms with E-state index in [1.807, 2.05) is 6.92 Å². The number of phenols is 1. The van der Waals surface area contributed by atoms with E-state index in [-0.39, 0.29) is 17.7 Å². The Kier molecular flexibility index (Phi) is 5.32. The molecule has 0 radical (unpaired) electrons. The van der Waals surface area contributed by atoms with Crippen molar-refractivity contribution in [3.8, 4) is 5.75 Å². The summed E-state index contributed by atoms with van der Waals surface area (Å²) in [4.78, 5) is 11.8. The van der Waals surface area contributed by atoms with Crippen LogP contribution in [0.4, 0.5) is 0 Å². The summed E-state index contributed by atoms with van der Waals surface area (Å²) in [5.74, 6) is -0.0233. The SMILES string of the molecule is CCC(CCBr)NC(=O)c1cccc(O)c1. The van der Waals surface area contributed by atoms with Crippen LogP contribution in [0.2, 0.25) is 0 Å². The van der Waals surface area contributed by atoms with Crippen LogP contribution in [0.25, 0.3) is 0 Å². The largest absolute Gasteiger partial charge is 0.508 e. The predicted octanol–water partition coefficient (Wildman–Crippen LogP) is 2.69. The zero-order chi connectivity index (χ0) is 12.0. The first-order chi connectivity index (χ1) is 7.67. The van der Waals surface area contributed by atoms with Crippen LogP contribution < -0.4 is 5.32 Å². The summed E-state index contributed by atoms with van der Waals surface area (Å²) in [6.45, 7) is 2.04. The van der Waals surface area contributed by atoms with Crippen molar-refractivity contribution < 1.29 is 9.90 Å². The molecule has 1 rings (SSSR count). The number of rotatable bonds is 5. The maximum absolute atomic E-state index is 11.8. The van der Waals surface area contributed by atoms with Gasteiger partial charge in [-0.15, -0.1) is 0 Å². The number of hydrogen-bond acceptors (Lipinski definition) is 2. The Bertz CT molecular complexity index is 355. The molecular formula is C12H16BrNO2. The van der Waals surface area contributed by atoms with E-state index in [1.54, 1.807) is 18.2 Å². The lowest BCUT2D eigenvalue weighted by molar-refractivity contribution is 0.0935. The summed E-state index contributed by atoms with van der Waals surface area (Å²) in [7, 11) is 0. The molecular weight excluding hydrogens is 270 g/mol. The van der Waals surface area contributed by atoms with Crippen LogP contribution in [0, 0.1) is 0 Å². The van der Waals surface area contributed by atoms with Crippen LogP contribution in [0.15, 0.2) is 24.3 Å². The second kappa shape index (κ2) is 6.53. The van der Waals surface area contributed by atoms with Gasteiger partial charge in [-0.25, -0.2) is 0 Å². The molecule has 4 heteroatoms. The van der Waals surface area contributed by atoms with Crippen molar-refractivity contribution >= 4 is 21.8 Å². The number of carbonyl (C=O) groups is 1. The number of carbonyl (C=O) groups excluding carboxylic acids is 1. The van der Waals surface area contributed by atoms with Crippen molar-refractivity contribution in [3.63, 3.8) is 0 Å². The van der Waals surface area contributed by atoms with E-state index in [4.69, 9.17) is 0 Å². The van der Waals surface area contributed by atoms with Crippen molar-refractivity contribution in [1.29, 1.82) is 0 Å². The summed E-state index contributed by atoms with van der Waals surface area (Å²) in [6, 6.07) is 6.54. The van der Waals surface area contributed by atoms with Gasteiger partial charge >= 0.3 is 0 Å². The summed E-state index contributed by atoms with van der Waals surface area (Å²) in [5, 5.41) is 13.1. The maximum atomic E-state index is 11.8. The van der Waals surface area contributed by atoms with Gasteiger partial charge in [0.1, 0.15) is 5.75 Å². The fraction of sp³-hybridized carbons (Fsp3) is 0.417. The van der Waals surface area contributed by atoms with Crippen molar-refractivity contribution in [2.75, 3.05) is 5.33 Å². The van der Waals surface area contributed by atoms with E-state index in [0.29, 0.717) is 5.56 Å². The normalized spacial score (nSPS) is 12.1. The van der Waals surface area contributed by atoms with Gasteiger partial charge in [-0.3, -0.25) is 4.79 Å². The first-order valence-electron chi connectivity index (χ1n) is 5.33. The molecule has 0 aliphatic heterocycles. The Labute approximate surface area is 104 Å². The number of halogens is 1. The van der Waals surface area contributed by atoms with Gasteiger partial charge in [0.15, 0.2) is 0 Å². The molecule has 1 aromatic rings. The lowest BCUT2D eigenvalue weighted by Crippen LogP contribution is -2.34. The highest BCUT2D eigenvalue weighted by molar-refractivity contribution is 9.09. The molecule has 0 aliphatic carbocycles. The minimum Gasteiger partial charge on any atom is -0.508 e. The van der Waals surface area contributed by atoms with Crippen molar-refractivity contribution in [3.05, 3.63) is 29.8 Å². The molecule has 2 N–H and O–H groups in total. The highest BCUT2D eigenvalue weighted by atomic mass is 79.9. The third-order valence-electron chi connectivity index (χ3n) is 2.39.